The molecule has 0 atom stereocenters. The number of aryl methyl sites for hydroxylation is 2. The summed E-state index contributed by atoms with van der Waals surface area (Å²) in [4.78, 5) is 16.9. The summed E-state index contributed by atoms with van der Waals surface area (Å²) in [6.45, 7) is 4.78. The average molecular weight is 385 g/mol. The van der Waals surface area contributed by atoms with E-state index in [4.69, 9.17) is 16.3 Å². The first-order valence-electron chi connectivity index (χ1n) is 8.57. The molecule has 0 bridgehead atoms. The lowest BCUT2D eigenvalue weighted by Crippen LogP contribution is -2.28. The molecule has 0 aliphatic rings. The van der Waals surface area contributed by atoms with Gasteiger partial charge in [-0.2, -0.15) is 0 Å². The van der Waals surface area contributed by atoms with Crippen LogP contribution in [0.1, 0.15) is 21.7 Å². The summed E-state index contributed by atoms with van der Waals surface area (Å²) in [5, 5.41) is 7.80. The summed E-state index contributed by atoms with van der Waals surface area (Å²) in [5.41, 5.74) is 3.72. The Kier molecular flexibility index (Phi) is 5.88. The number of hydrogen-bond donors (Lipinski definition) is 1. The summed E-state index contributed by atoms with van der Waals surface area (Å²) in [6, 6.07) is 13.5. The molecule has 0 saturated heterocycles. The molecule has 0 spiro atoms. The lowest BCUT2D eigenvalue weighted by Gasteiger charge is -2.10. The van der Waals surface area contributed by atoms with Gasteiger partial charge in [0.2, 0.25) is 5.82 Å². The highest BCUT2D eigenvalue weighted by molar-refractivity contribution is 6.30. The quantitative estimate of drug-likeness (QED) is 0.659. The van der Waals surface area contributed by atoms with Crippen molar-refractivity contribution < 1.29 is 9.53 Å². The summed E-state index contributed by atoms with van der Waals surface area (Å²) in [6.07, 6.45) is 0. The molecule has 1 N–H and O–H groups in total. The molecule has 2 aromatic carbocycles. The molecule has 1 aromatic heterocycles. The van der Waals surface area contributed by atoms with Gasteiger partial charge < -0.3 is 10.1 Å². The van der Waals surface area contributed by atoms with Crippen molar-refractivity contribution in [3.63, 3.8) is 0 Å². The minimum Gasteiger partial charge on any atom is -0.383 e. The SMILES string of the molecule is COCCNC(=O)c1nc(-c2cccc(C)c2)n(-c2cc(Cl)ccc2C)n1. The molecule has 6 nitrogen and oxygen atoms in total. The molecular weight excluding hydrogens is 364 g/mol. The van der Waals surface area contributed by atoms with Crippen LogP contribution < -0.4 is 5.32 Å². The molecule has 7 heteroatoms. The van der Waals surface area contributed by atoms with Crippen LogP contribution in [-0.4, -0.2) is 40.9 Å². The van der Waals surface area contributed by atoms with E-state index in [-0.39, 0.29) is 11.7 Å². The Labute approximate surface area is 163 Å². The number of halogens is 1. The monoisotopic (exact) mass is 384 g/mol. The van der Waals surface area contributed by atoms with Crippen LogP contribution in [0.25, 0.3) is 17.1 Å². The summed E-state index contributed by atoms with van der Waals surface area (Å²) in [7, 11) is 1.58. The molecule has 1 amide bonds. The largest absolute Gasteiger partial charge is 0.383 e. The van der Waals surface area contributed by atoms with Gasteiger partial charge in [0.1, 0.15) is 0 Å². The molecule has 140 valence electrons. The summed E-state index contributed by atoms with van der Waals surface area (Å²) >= 11 is 6.19. The van der Waals surface area contributed by atoms with Crippen LogP contribution >= 0.6 is 11.6 Å². The number of aromatic nitrogens is 3. The van der Waals surface area contributed by atoms with Gasteiger partial charge in [-0.3, -0.25) is 4.79 Å². The van der Waals surface area contributed by atoms with E-state index in [1.165, 1.54) is 0 Å². The second-order valence-corrected chi connectivity index (χ2v) is 6.66. The number of carbonyl (C=O) groups is 1. The Hall–Kier alpha value is -2.70. The number of ether oxygens (including phenoxy) is 1. The third-order valence-corrected chi connectivity index (χ3v) is 4.31. The number of carbonyl (C=O) groups excluding carboxylic acids is 1. The Morgan fingerprint density at radius 2 is 2.04 bits per heavy atom. The van der Waals surface area contributed by atoms with Gasteiger partial charge in [0, 0.05) is 24.2 Å². The molecule has 0 saturated carbocycles. The van der Waals surface area contributed by atoms with Crippen LogP contribution in [-0.2, 0) is 4.74 Å². The second kappa shape index (κ2) is 8.33. The van der Waals surface area contributed by atoms with Crippen molar-refractivity contribution in [2.75, 3.05) is 20.3 Å². The van der Waals surface area contributed by atoms with Crippen molar-refractivity contribution in [2.45, 2.75) is 13.8 Å². The topological polar surface area (TPSA) is 69.0 Å². The third kappa shape index (κ3) is 4.35. The van der Waals surface area contributed by atoms with Gasteiger partial charge >= 0.3 is 0 Å². The highest BCUT2D eigenvalue weighted by Crippen LogP contribution is 2.26. The van der Waals surface area contributed by atoms with Gasteiger partial charge in [-0.1, -0.05) is 41.4 Å². The molecule has 0 radical (unpaired) electrons. The van der Waals surface area contributed by atoms with Crippen LogP contribution in [0.15, 0.2) is 42.5 Å². The maximum Gasteiger partial charge on any atom is 0.291 e. The minimum absolute atomic E-state index is 0.0991. The molecule has 0 aliphatic carbocycles. The Balaban J connectivity index is 2.10. The Morgan fingerprint density at radius 1 is 1.22 bits per heavy atom. The standard InChI is InChI=1S/C20H21ClN4O2/c1-13-5-4-6-15(11-13)19-23-18(20(26)22-9-10-27-3)24-25(19)17-12-16(21)8-7-14(17)2/h4-8,11-12H,9-10H2,1-3H3,(H,22,26). The van der Waals surface area contributed by atoms with E-state index in [2.05, 4.69) is 15.4 Å². The van der Waals surface area contributed by atoms with Crippen molar-refractivity contribution in [2.24, 2.45) is 0 Å². The van der Waals surface area contributed by atoms with Crippen LogP contribution in [0.3, 0.4) is 0 Å². The first-order valence-corrected chi connectivity index (χ1v) is 8.95. The minimum atomic E-state index is -0.348. The maximum absolute atomic E-state index is 12.4. The van der Waals surface area contributed by atoms with E-state index in [9.17, 15) is 4.79 Å². The van der Waals surface area contributed by atoms with Gasteiger partial charge in [-0.05, 0) is 37.6 Å². The molecular formula is C20H21ClN4O2. The smallest absolute Gasteiger partial charge is 0.291 e. The molecule has 3 rings (SSSR count). The summed E-state index contributed by atoms with van der Waals surface area (Å²) in [5.74, 6) is 0.335. The number of rotatable bonds is 6. The lowest BCUT2D eigenvalue weighted by atomic mass is 10.1. The van der Waals surface area contributed by atoms with Crippen molar-refractivity contribution in [3.8, 4) is 17.1 Å². The summed E-state index contributed by atoms with van der Waals surface area (Å²) < 4.78 is 6.63. The lowest BCUT2D eigenvalue weighted by molar-refractivity contribution is 0.0927. The predicted octanol–water partition coefficient (Wildman–Crippen LogP) is 3.58. The van der Waals surface area contributed by atoms with Gasteiger partial charge in [0.15, 0.2) is 5.82 Å². The zero-order valence-corrected chi connectivity index (χ0v) is 16.2. The third-order valence-electron chi connectivity index (χ3n) is 4.08. The van der Waals surface area contributed by atoms with Crippen LogP contribution in [0.2, 0.25) is 5.02 Å². The van der Waals surface area contributed by atoms with E-state index in [0.717, 1.165) is 22.4 Å². The molecule has 1 heterocycles. The number of amides is 1. The van der Waals surface area contributed by atoms with Crippen molar-refractivity contribution in [1.82, 2.24) is 20.1 Å². The van der Waals surface area contributed by atoms with Crippen LogP contribution in [0.5, 0.6) is 0 Å². The fourth-order valence-electron chi connectivity index (χ4n) is 2.70. The Morgan fingerprint density at radius 3 is 2.78 bits per heavy atom. The van der Waals surface area contributed by atoms with Gasteiger partial charge in [0.25, 0.3) is 5.91 Å². The van der Waals surface area contributed by atoms with E-state index in [1.54, 1.807) is 11.8 Å². The zero-order valence-electron chi connectivity index (χ0n) is 15.5. The molecule has 3 aromatic rings. The molecule has 0 fully saturated rings. The zero-order chi connectivity index (χ0) is 19.4. The van der Waals surface area contributed by atoms with E-state index in [1.807, 2.05) is 56.3 Å². The molecule has 27 heavy (non-hydrogen) atoms. The van der Waals surface area contributed by atoms with Crippen molar-refractivity contribution >= 4 is 17.5 Å². The number of nitrogens with one attached hydrogen (secondary N) is 1. The van der Waals surface area contributed by atoms with Crippen LogP contribution in [0, 0.1) is 13.8 Å². The highest BCUT2D eigenvalue weighted by atomic mass is 35.5. The maximum atomic E-state index is 12.4. The first kappa shape index (κ1) is 19.1. The van der Waals surface area contributed by atoms with Crippen molar-refractivity contribution in [1.29, 1.82) is 0 Å². The van der Waals surface area contributed by atoms with E-state index in [0.29, 0.717) is 24.0 Å². The number of nitrogens with zero attached hydrogens (tertiary/aromatic N) is 3. The average Bonchev–Trinajstić information content (AvgIpc) is 3.09. The van der Waals surface area contributed by atoms with Gasteiger partial charge in [0.05, 0.1) is 12.3 Å². The van der Waals surface area contributed by atoms with Crippen LogP contribution in [0.4, 0.5) is 0 Å². The fourth-order valence-corrected chi connectivity index (χ4v) is 2.87. The normalized spacial score (nSPS) is 10.8. The first-order chi connectivity index (χ1) is 13.0. The second-order valence-electron chi connectivity index (χ2n) is 6.22. The van der Waals surface area contributed by atoms with Gasteiger partial charge in [-0.15, -0.1) is 5.10 Å². The van der Waals surface area contributed by atoms with Gasteiger partial charge in [-0.25, -0.2) is 9.67 Å². The molecule has 0 unspecified atom stereocenters. The number of hydrogen-bond acceptors (Lipinski definition) is 4. The highest BCUT2D eigenvalue weighted by Gasteiger charge is 2.19. The van der Waals surface area contributed by atoms with E-state index >= 15 is 0 Å². The fraction of sp³-hybridized carbons (Fsp3) is 0.250. The number of methoxy groups -OCH3 is 1. The molecule has 0 aliphatic heterocycles. The van der Waals surface area contributed by atoms with E-state index < -0.39 is 0 Å². The predicted molar refractivity (Wildman–Crippen MR) is 105 cm³/mol. The Bertz CT molecular complexity index is 968. The van der Waals surface area contributed by atoms with Crippen molar-refractivity contribution in [3.05, 3.63) is 64.4 Å². The number of benzene rings is 2.